The molecule has 0 unspecified atom stereocenters. The highest BCUT2D eigenvalue weighted by Gasteiger charge is 2.18. The van der Waals surface area contributed by atoms with E-state index < -0.39 is 0 Å². The van der Waals surface area contributed by atoms with Crippen LogP contribution in [-0.2, 0) is 0 Å². The Labute approximate surface area is 95.0 Å². The molecule has 0 radical (unpaired) electrons. The molecule has 0 aliphatic heterocycles. The van der Waals surface area contributed by atoms with Gasteiger partial charge in [-0.1, -0.05) is 19.3 Å². The van der Waals surface area contributed by atoms with E-state index in [-0.39, 0.29) is 0 Å². The Balaban J connectivity index is 1.89. The van der Waals surface area contributed by atoms with Crippen LogP contribution in [0.25, 0.3) is 0 Å². The van der Waals surface area contributed by atoms with Crippen LogP contribution in [0.5, 0.6) is 11.6 Å². The van der Waals surface area contributed by atoms with E-state index in [4.69, 9.17) is 15.2 Å². The first-order valence-corrected chi connectivity index (χ1v) is 5.58. The predicted octanol–water partition coefficient (Wildman–Crippen LogP) is 1.64. The lowest BCUT2D eigenvalue weighted by atomic mass is 9.83. The lowest BCUT2D eigenvalue weighted by Crippen LogP contribution is -2.15. The van der Waals surface area contributed by atoms with Gasteiger partial charge in [0.15, 0.2) is 5.82 Å². The number of aromatic nitrogens is 2. The summed E-state index contributed by atoms with van der Waals surface area (Å²) in [6.45, 7) is 0.664. The van der Waals surface area contributed by atoms with Gasteiger partial charge in [0.1, 0.15) is 6.33 Å². The molecule has 1 aliphatic carbocycles. The Morgan fingerprint density at radius 2 is 2.25 bits per heavy atom. The summed E-state index contributed by atoms with van der Waals surface area (Å²) in [6.07, 6.45) is 6.47. The molecule has 0 saturated heterocycles. The minimum atomic E-state index is 0.316. The number of ether oxygens (including phenoxy) is 2. The largest absolute Gasteiger partial charge is 0.489 e. The van der Waals surface area contributed by atoms with Gasteiger partial charge in [0, 0.05) is 0 Å². The van der Waals surface area contributed by atoms with Crippen LogP contribution in [0, 0.1) is 5.92 Å². The summed E-state index contributed by atoms with van der Waals surface area (Å²) in [4.78, 5) is 7.86. The molecule has 1 saturated carbocycles. The Morgan fingerprint density at radius 3 is 2.88 bits per heavy atom. The Hall–Kier alpha value is -1.52. The topological polar surface area (TPSA) is 70.3 Å². The summed E-state index contributed by atoms with van der Waals surface area (Å²) in [5, 5.41) is 0. The average molecular weight is 223 g/mol. The lowest BCUT2D eigenvalue weighted by molar-refractivity contribution is 0.211. The van der Waals surface area contributed by atoms with Gasteiger partial charge in [0.05, 0.1) is 13.7 Å². The van der Waals surface area contributed by atoms with Gasteiger partial charge in [-0.15, -0.1) is 0 Å². The maximum atomic E-state index is 5.64. The summed E-state index contributed by atoms with van der Waals surface area (Å²) in [5.41, 5.74) is 5.64. The smallest absolute Gasteiger partial charge is 0.262 e. The van der Waals surface area contributed by atoms with Crippen LogP contribution < -0.4 is 15.2 Å². The molecule has 2 N–H and O–H groups in total. The van der Waals surface area contributed by atoms with Crippen molar-refractivity contribution in [2.24, 2.45) is 5.92 Å². The molecule has 0 aromatic carbocycles. The van der Waals surface area contributed by atoms with Crippen LogP contribution in [0.15, 0.2) is 6.33 Å². The van der Waals surface area contributed by atoms with E-state index in [1.54, 1.807) is 0 Å². The number of anilines is 1. The van der Waals surface area contributed by atoms with Crippen molar-refractivity contribution in [2.75, 3.05) is 19.5 Å². The van der Waals surface area contributed by atoms with Crippen LogP contribution in [0.2, 0.25) is 0 Å². The summed E-state index contributed by atoms with van der Waals surface area (Å²) in [7, 11) is 1.54. The van der Waals surface area contributed by atoms with E-state index in [9.17, 15) is 0 Å². The van der Waals surface area contributed by atoms with E-state index in [0.29, 0.717) is 24.1 Å². The number of nitrogen functional groups attached to an aromatic ring is 1. The zero-order chi connectivity index (χ0) is 11.4. The molecule has 1 heterocycles. The van der Waals surface area contributed by atoms with Crippen molar-refractivity contribution in [3.8, 4) is 11.6 Å². The van der Waals surface area contributed by atoms with Crippen LogP contribution >= 0.6 is 0 Å². The Kier molecular flexibility index (Phi) is 3.44. The summed E-state index contributed by atoms with van der Waals surface area (Å²) < 4.78 is 10.7. The number of hydrogen-bond donors (Lipinski definition) is 1. The molecule has 2 rings (SSSR count). The molecule has 1 fully saturated rings. The molecule has 5 heteroatoms. The van der Waals surface area contributed by atoms with Crippen molar-refractivity contribution in [1.29, 1.82) is 0 Å². The van der Waals surface area contributed by atoms with Gasteiger partial charge >= 0.3 is 0 Å². The van der Waals surface area contributed by atoms with E-state index >= 15 is 0 Å². The molecule has 1 aromatic rings. The molecule has 16 heavy (non-hydrogen) atoms. The van der Waals surface area contributed by atoms with Crippen molar-refractivity contribution in [1.82, 2.24) is 9.97 Å². The normalized spacial score (nSPS) is 15.6. The van der Waals surface area contributed by atoms with Gasteiger partial charge in [-0.3, -0.25) is 0 Å². The molecule has 0 amide bonds. The van der Waals surface area contributed by atoms with Gasteiger partial charge in [-0.25, -0.2) is 4.98 Å². The number of nitrogens with two attached hydrogens (primary N) is 1. The monoisotopic (exact) mass is 223 g/mol. The SMILES string of the molecule is COc1c(N)ncnc1OCCC1CCC1. The fourth-order valence-corrected chi connectivity index (χ4v) is 1.77. The zero-order valence-electron chi connectivity index (χ0n) is 9.48. The molecule has 0 atom stereocenters. The van der Waals surface area contributed by atoms with Crippen molar-refractivity contribution < 1.29 is 9.47 Å². The third-order valence-electron chi connectivity index (χ3n) is 2.99. The van der Waals surface area contributed by atoms with Gasteiger partial charge < -0.3 is 15.2 Å². The maximum absolute atomic E-state index is 5.64. The second-order valence-electron chi connectivity index (χ2n) is 4.03. The highest BCUT2D eigenvalue weighted by molar-refractivity contribution is 5.51. The van der Waals surface area contributed by atoms with Gasteiger partial charge in [0.2, 0.25) is 5.75 Å². The standard InChI is InChI=1S/C11H17N3O2/c1-15-9-10(12)13-7-14-11(9)16-6-5-8-3-2-4-8/h7-8H,2-6H2,1H3,(H2,12,13,14). The molecule has 0 bridgehead atoms. The van der Waals surface area contributed by atoms with E-state index in [2.05, 4.69) is 9.97 Å². The second kappa shape index (κ2) is 5.01. The van der Waals surface area contributed by atoms with Crippen LogP contribution in [0.4, 0.5) is 5.82 Å². The number of nitrogens with zero attached hydrogens (tertiary/aromatic N) is 2. The fourth-order valence-electron chi connectivity index (χ4n) is 1.77. The van der Waals surface area contributed by atoms with E-state index in [1.165, 1.54) is 32.7 Å². The van der Waals surface area contributed by atoms with Crippen molar-refractivity contribution in [2.45, 2.75) is 25.7 Å². The number of methoxy groups -OCH3 is 1. The van der Waals surface area contributed by atoms with Crippen LogP contribution in [0.1, 0.15) is 25.7 Å². The average Bonchev–Trinajstić information content (AvgIpc) is 2.22. The quantitative estimate of drug-likeness (QED) is 0.821. The first-order valence-electron chi connectivity index (χ1n) is 5.58. The van der Waals surface area contributed by atoms with E-state index in [1.807, 2.05) is 0 Å². The molecule has 88 valence electrons. The van der Waals surface area contributed by atoms with Crippen molar-refractivity contribution in [3.63, 3.8) is 0 Å². The maximum Gasteiger partial charge on any atom is 0.262 e. The summed E-state index contributed by atoms with van der Waals surface area (Å²) >= 11 is 0. The highest BCUT2D eigenvalue weighted by atomic mass is 16.5. The van der Waals surface area contributed by atoms with Gasteiger partial charge in [0.25, 0.3) is 5.88 Å². The molecule has 1 aromatic heterocycles. The summed E-state index contributed by atoms with van der Waals surface area (Å²) in [6, 6.07) is 0. The first-order chi connectivity index (χ1) is 7.81. The van der Waals surface area contributed by atoms with Crippen LogP contribution in [-0.4, -0.2) is 23.7 Å². The molecule has 1 aliphatic rings. The predicted molar refractivity (Wildman–Crippen MR) is 60.4 cm³/mol. The van der Waals surface area contributed by atoms with Gasteiger partial charge in [-0.05, 0) is 12.3 Å². The number of rotatable bonds is 5. The zero-order valence-corrected chi connectivity index (χ0v) is 9.48. The highest BCUT2D eigenvalue weighted by Crippen LogP contribution is 2.31. The molecular formula is C11H17N3O2. The molecule has 5 nitrogen and oxygen atoms in total. The van der Waals surface area contributed by atoms with Gasteiger partial charge in [-0.2, -0.15) is 4.98 Å². The minimum Gasteiger partial charge on any atom is -0.489 e. The first kappa shape index (κ1) is 11.0. The number of hydrogen-bond acceptors (Lipinski definition) is 5. The van der Waals surface area contributed by atoms with Crippen molar-refractivity contribution in [3.05, 3.63) is 6.33 Å². The Morgan fingerprint density at radius 1 is 1.44 bits per heavy atom. The third kappa shape index (κ3) is 2.35. The van der Waals surface area contributed by atoms with Crippen LogP contribution in [0.3, 0.4) is 0 Å². The second-order valence-corrected chi connectivity index (χ2v) is 4.03. The summed E-state index contributed by atoms with van der Waals surface area (Å²) in [5.74, 6) is 2.01. The third-order valence-corrected chi connectivity index (χ3v) is 2.99. The van der Waals surface area contributed by atoms with Crippen molar-refractivity contribution >= 4 is 5.82 Å². The molecular weight excluding hydrogens is 206 g/mol. The fraction of sp³-hybridized carbons (Fsp3) is 0.636. The minimum absolute atomic E-state index is 0.316. The Bertz CT molecular complexity index is 353. The van der Waals surface area contributed by atoms with E-state index in [0.717, 1.165) is 12.3 Å². The molecule has 0 spiro atoms. The lowest BCUT2D eigenvalue weighted by Gasteiger charge is -2.24.